The van der Waals surface area contributed by atoms with Gasteiger partial charge in [0.15, 0.2) is 0 Å². The number of rotatable bonds is 7. The Morgan fingerprint density at radius 1 is 1.35 bits per heavy atom. The molecule has 0 radical (unpaired) electrons. The van der Waals surface area contributed by atoms with E-state index in [1.807, 2.05) is 26.8 Å². The molecule has 0 saturated heterocycles. The van der Waals surface area contributed by atoms with Gasteiger partial charge in [0.1, 0.15) is 6.61 Å². The van der Waals surface area contributed by atoms with Crippen LogP contribution in [0.5, 0.6) is 0 Å². The van der Waals surface area contributed by atoms with Gasteiger partial charge in [-0.1, -0.05) is 0 Å². The van der Waals surface area contributed by atoms with Crippen molar-refractivity contribution in [2.75, 3.05) is 33.4 Å². The van der Waals surface area contributed by atoms with Gasteiger partial charge < -0.3 is 14.4 Å². The zero-order valence-corrected chi connectivity index (χ0v) is 11.2. The largest absolute Gasteiger partial charge is 0.373 e. The van der Waals surface area contributed by atoms with Crippen LogP contribution in [0.4, 0.5) is 0 Å². The smallest absolute Gasteiger partial charge is 0.248 e. The van der Waals surface area contributed by atoms with Gasteiger partial charge in [-0.25, -0.2) is 0 Å². The van der Waals surface area contributed by atoms with Crippen molar-refractivity contribution in [3.05, 3.63) is 0 Å². The molecule has 0 aromatic rings. The molecule has 5 heteroatoms. The van der Waals surface area contributed by atoms with Gasteiger partial charge in [0, 0.05) is 13.6 Å². The minimum absolute atomic E-state index is 0.0371. The van der Waals surface area contributed by atoms with Crippen molar-refractivity contribution in [2.45, 2.75) is 32.8 Å². The van der Waals surface area contributed by atoms with Gasteiger partial charge in [-0.05, 0) is 20.8 Å². The van der Waals surface area contributed by atoms with E-state index in [1.165, 1.54) is 4.90 Å². The van der Waals surface area contributed by atoms with Crippen LogP contribution in [0, 0.1) is 11.3 Å². The van der Waals surface area contributed by atoms with Crippen molar-refractivity contribution >= 4 is 5.91 Å². The van der Waals surface area contributed by atoms with E-state index in [2.05, 4.69) is 0 Å². The Bertz CT molecular complexity index is 266. The van der Waals surface area contributed by atoms with E-state index in [0.717, 1.165) is 0 Å². The molecule has 0 aliphatic rings. The average Bonchev–Trinajstić information content (AvgIpc) is 2.23. The van der Waals surface area contributed by atoms with E-state index in [9.17, 15) is 4.79 Å². The monoisotopic (exact) mass is 242 g/mol. The molecule has 0 saturated carbocycles. The third kappa shape index (κ3) is 9.79. The average molecular weight is 242 g/mol. The van der Waals surface area contributed by atoms with Crippen LogP contribution in [0.25, 0.3) is 0 Å². The second-order valence-electron chi connectivity index (χ2n) is 4.74. The van der Waals surface area contributed by atoms with Gasteiger partial charge in [-0.3, -0.25) is 4.79 Å². The summed E-state index contributed by atoms with van der Waals surface area (Å²) in [5.74, 6) is -0.115. The lowest BCUT2D eigenvalue weighted by molar-refractivity contribution is -0.135. The van der Waals surface area contributed by atoms with Gasteiger partial charge >= 0.3 is 0 Å². The summed E-state index contributed by atoms with van der Waals surface area (Å²) in [4.78, 5) is 13.0. The minimum Gasteiger partial charge on any atom is -0.373 e. The molecule has 0 aliphatic heterocycles. The zero-order chi connectivity index (χ0) is 13.3. The molecule has 0 bridgehead atoms. The summed E-state index contributed by atoms with van der Waals surface area (Å²) >= 11 is 0. The summed E-state index contributed by atoms with van der Waals surface area (Å²) < 4.78 is 10.6. The van der Waals surface area contributed by atoms with Crippen molar-refractivity contribution < 1.29 is 14.3 Å². The topological polar surface area (TPSA) is 62.6 Å². The maximum atomic E-state index is 11.5. The predicted molar refractivity (Wildman–Crippen MR) is 64.4 cm³/mol. The number of hydrogen-bond acceptors (Lipinski definition) is 4. The predicted octanol–water partition coefficient (Wildman–Crippen LogP) is 1.19. The molecule has 0 atom stereocenters. The first kappa shape index (κ1) is 15.9. The van der Waals surface area contributed by atoms with Gasteiger partial charge in [-0.2, -0.15) is 5.26 Å². The number of nitriles is 1. The minimum atomic E-state index is -0.184. The Morgan fingerprint density at radius 3 is 2.53 bits per heavy atom. The van der Waals surface area contributed by atoms with Gasteiger partial charge in [0.05, 0.1) is 31.3 Å². The summed E-state index contributed by atoms with van der Waals surface area (Å²) in [6.45, 7) is 7.25. The molecular formula is C12H22N2O3. The van der Waals surface area contributed by atoms with Crippen LogP contribution in [0.15, 0.2) is 0 Å². The van der Waals surface area contributed by atoms with Gasteiger partial charge in [0.25, 0.3) is 0 Å². The summed E-state index contributed by atoms with van der Waals surface area (Å²) in [5, 5.41) is 8.38. The van der Waals surface area contributed by atoms with Crippen molar-refractivity contribution in [2.24, 2.45) is 0 Å². The molecule has 98 valence electrons. The first-order valence-electron chi connectivity index (χ1n) is 5.69. The first-order valence-corrected chi connectivity index (χ1v) is 5.69. The van der Waals surface area contributed by atoms with E-state index in [1.54, 1.807) is 7.05 Å². The van der Waals surface area contributed by atoms with E-state index in [-0.39, 0.29) is 18.1 Å². The molecule has 0 unspecified atom stereocenters. The summed E-state index contributed by atoms with van der Waals surface area (Å²) in [6, 6.07) is 1.99. The molecule has 1 amide bonds. The second-order valence-corrected chi connectivity index (χ2v) is 4.74. The summed E-state index contributed by atoms with van der Waals surface area (Å²) in [6.07, 6.45) is 0.343. The third-order valence-corrected chi connectivity index (χ3v) is 1.97. The van der Waals surface area contributed by atoms with E-state index in [0.29, 0.717) is 26.2 Å². The SMILES string of the molecule is CN(CCC#N)C(=O)COCCOC(C)(C)C. The van der Waals surface area contributed by atoms with E-state index < -0.39 is 0 Å². The molecule has 0 aromatic heterocycles. The summed E-state index contributed by atoms with van der Waals surface area (Å²) in [5.41, 5.74) is -0.184. The van der Waals surface area contributed by atoms with Crippen LogP contribution < -0.4 is 0 Å². The van der Waals surface area contributed by atoms with Crippen LogP contribution in [0.3, 0.4) is 0 Å². The van der Waals surface area contributed by atoms with Crippen molar-refractivity contribution in [3.63, 3.8) is 0 Å². The lowest BCUT2D eigenvalue weighted by atomic mass is 10.2. The standard InChI is InChI=1S/C12H22N2O3/c1-12(2,3)17-9-8-16-10-11(15)14(4)7-5-6-13/h5,7-10H2,1-4H3. The molecule has 0 spiro atoms. The molecule has 5 nitrogen and oxygen atoms in total. The number of ether oxygens (including phenoxy) is 2. The van der Waals surface area contributed by atoms with Crippen LogP contribution in [0.2, 0.25) is 0 Å². The molecule has 0 aliphatic carbocycles. The fourth-order valence-electron chi connectivity index (χ4n) is 1.02. The number of carbonyl (C=O) groups excluding carboxylic acids is 1. The molecule has 0 fully saturated rings. The van der Waals surface area contributed by atoms with Crippen LogP contribution in [-0.4, -0.2) is 49.8 Å². The quantitative estimate of drug-likeness (QED) is 0.629. The molecular weight excluding hydrogens is 220 g/mol. The highest BCUT2D eigenvalue weighted by molar-refractivity contribution is 5.77. The first-order chi connectivity index (χ1) is 7.87. The highest BCUT2D eigenvalue weighted by atomic mass is 16.5. The Kier molecular flexibility index (Phi) is 7.51. The van der Waals surface area contributed by atoms with Crippen LogP contribution in [-0.2, 0) is 14.3 Å². The Morgan fingerprint density at radius 2 is 2.00 bits per heavy atom. The zero-order valence-electron chi connectivity index (χ0n) is 11.2. The summed E-state index contributed by atoms with van der Waals surface area (Å²) in [7, 11) is 1.66. The lowest BCUT2D eigenvalue weighted by Gasteiger charge is -2.19. The number of amides is 1. The lowest BCUT2D eigenvalue weighted by Crippen LogP contribution is -2.31. The number of likely N-dealkylation sites (N-methyl/N-ethyl adjacent to an activating group) is 1. The number of nitrogens with zero attached hydrogens (tertiary/aromatic N) is 2. The molecule has 0 rings (SSSR count). The molecule has 0 N–H and O–H groups in total. The Balaban J connectivity index is 3.55. The Labute approximate surface area is 103 Å². The number of carbonyl (C=O) groups is 1. The van der Waals surface area contributed by atoms with Gasteiger partial charge in [-0.15, -0.1) is 0 Å². The molecule has 17 heavy (non-hydrogen) atoms. The normalized spacial score (nSPS) is 11.0. The van der Waals surface area contributed by atoms with E-state index in [4.69, 9.17) is 14.7 Å². The van der Waals surface area contributed by atoms with Crippen LogP contribution >= 0.6 is 0 Å². The molecule has 0 heterocycles. The van der Waals surface area contributed by atoms with Crippen LogP contribution in [0.1, 0.15) is 27.2 Å². The van der Waals surface area contributed by atoms with Crippen molar-refractivity contribution in [1.29, 1.82) is 5.26 Å². The molecule has 0 aromatic carbocycles. The Hall–Kier alpha value is -1.12. The maximum absolute atomic E-state index is 11.5. The van der Waals surface area contributed by atoms with Gasteiger partial charge in [0.2, 0.25) is 5.91 Å². The number of hydrogen-bond donors (Lipinski definition) is 0. The van der Waals surface area contributed by atoms with Crippen molar-refractivity contribution in [1.82, 2.24) is 4.90 Å². The van der Waals surface area contributed by atoms with Crippen molar-refractivity contribution in [3.8, 4) is 6.07 Å². The highest BCUT2D eigenvalue weighted by Crippen LogP contribution is 2.05. The fourth-order valence-corrected chi connectivity index (χ4v) is 1.02. The maximum Gasteiger partial charge on any atom is 0.248 e. The third-order valence-electron chi connectivity index (χ3n) is 1.97. The fraction of sp³-hybridized carbons (Fsp3) is 0.833. The second kappa shape index (κ2) is 8.04. The van der Waals surface area contributed by atoms with E-state index >= 15 is 0 Å². The highest BCUT2D eigenvalue weighted by Gasteiger charge is 2.10.